The molecule has 1 N–H and O–H groups in total. The van der Waals surface area contributed by atoms with Crippen molar-refractivity contribution in [2.45, 2.75) is 6.42 Å². The zero-order chi connectivity index (χ0) is 13.2. The number of carboxylic acid groups (broad SMARTS) is 1. The minimum atomic E-state index is -2.89. The van der Waals surface area contributed by atoms with Crippen molar-refractivity contribution in [1.82, 2.24) is 0 Å². The lowest BCUT2D eigenvalue weighted by Crippen LogP contribution is -2.40. The molecule has 0 unspecified atom stereocenters. The van der Waals surface area contributed by atoms with Gasteiger partial charge in [0.1, 0.15) is 0 Å². The summed E-state index contributed by atoms with van der Waals surface area (Å²) in [6.45, 7) is 0.942. The predicted octanol–water partition coefficient (Wildman–Crippen LogP) is 0.548. The van der Waals surface area contributed by atoms with Gasteiger partial charge in [0, 0.05) is 18.8 Å². The zero-order valence-corrected chi connectivity index (χ0v) is 10.7. The summed E-state index contributed by atoms with van der Waals surface area (Å²) in [6, 6.07) is 7.25. The van der Waals surface area contributed by atoms with E-state index in [2.05, 4.69) is 0 Å². The molecule has 0 bridgehead atoms. The number of rotatable bonds is 3. The minimum Gasteiger partial charge on any atom is -0.481 e. The van der Waals surface area contributed by atoms with Gasteiger partial charge in [-0.25, -0.2) is 8.42 Å². The molecule has 6 heteroatoms. The summed E-state index contributed by atoms with van der Waals surface area (Å²) in [5, 5.41) is 8.74. The van der Waals surface area contributed by atoms with Crippen LogP contribution >= 0.6 is 0 Å². The lowest BCUT2D eigenvalue weighted by atomic mass is 10.1. The molecule has 1 aliphatic heterocycles. The van der Waals surface area contributed by atoms with Crippen molar-refractivity contribution in [3.63, 3.8) is 0 Å². The van der Waals surface area contributed by atoms with Gasteiger partial charge in [-0.2, -0.15) is 0 Å². The zero-order valence-electron chi connectivity index (χ0n) is 9.87. The summed E-state index contributed by atoms with van der Waals surface area (Å²) in [7, 11) is -2.89. The fourth-order valence-corrected chi connectivity index (χ4v) is 3.21. The van der Waals surface area contributed by atoms with Gasteiger partial charge in [0.05, 0.1) is 17.9 Å². The van der Waals surface area contributed by atoms with Crippen LogP contribution in [0, 0.1) is 0 Å². The predicted molar refractivity (Wildman–Crippen MR) is 68.6 cm³/mol. The summed E-state index contributed by atoms with van der Waals surface area (Å²) in [6.07, 6.45) is -0.0139. The number of benzene rings is 1. The smallest absolute Gasteiger partial charge is 0.307 e. The molecule has 98 valence electrons. The molecular weight excluding hydrogens is 254 g/mol. The third-order valence-electron chi connectivity index (χ3n) is 2.98. The van der Waals surface area contributed by atoms with Crippen LogP contribution in [0.25, 0.3) is 0 Å². The molecule has 0 spiro atoms. The Kier molecular flexibility index (Phi) is 3.56. The molecule has 2 rings (SSSR count). The summed E-state index contributed by atoms with van der Waals surface area (Å²) < 4.78 is 22.7. The summed E-state index contributed by atoms with van der Waals surface area (Å²) in [5.41, 5.74) is 1.62. The van der Waals surface area contributed by atoms with Gasteiger partial charge in [0.15, 0.2) is 9.84 Å². The van der Waals surface area contributed by atoms with Crippen molar-refractivity contribution in [3.8, 4) is 0 Å². The van der Waals surface area contributed by atoms with Crippen LogP contribution < -0.4 is 4.90 Å². The molecule has 5 nitrogen and oxygen atoms in total. The fourth-order valence-electron chi connectivity index (χ4n) is 2.01. The van der Waals surface area contributed by atoms with Crippen LogP contribution in [0.4, 0.5) is 5.69 Å². The lowest BCUT2D eigenvalue weighted by molar-refractivity contribution is -0.136. The minimum absolute atomic E-state index is 0.0139. The fraction of sp³-hybridized carbons (Fsp3) is 0.417. The Balaban J connectivity index is 2.12. The number of anilines is 1. The molecule has 0 atom stereocenters. The van der Waals surface area contributed by atoms with Gasteiger partial charge in [0.2, 0.25) is 0 Å². The highest BCUT2D eigenvalue weighted by atomic mass is 32.2. The maximum atomic E-state index is 11.3. The number of sulfone groups is 1. The van der Waals surface area contributed by atoms with Crippen molar-refractivity contribution < 1.29 is 18.3 Å². The van der Waals surface area contributed by atoms with Crippen molar-refractivity contribution in [1.29, 1.82) is 0 Å². The van der Waals surface area contributed by atoms with E-state index in [1.54, 1.807) is 12.1 Å². The normalized spacial score (nSPS) is 18.6. The third kappa shape index (κ3) is 3.22. The van der Waals surface area contributed by atoms with Crippen LogP contribution in [0.2, 0.25) is 0 Å². The highest BCUT2D eigenvalue weighted by Gasteiger charge is 2.21. The molecule has 1 aromatic rings. The molecule has 1 fully saturated rings. The molecule has 1 aromatic carbocycles. The second-order valence-corrected chi connectivity index (χ2v) is 6.68. The van der Waals surface area contributed by atoms with Gasteiger partial charge in [-0.1, -0.05) is 12.1 Å². The van der Waals surface area contributed by atoms with E-state index in [-0.39, 0.29) is 17.9 Å². The van der Waals surface area contributed by atoms with E-state index in [0.29, 0.717) is 13.1 Å². The summed E-state index contributed by atoms with van der Waals surface area (Å²) in [4.78, 5) is 12.6. The third-order valence-corrected chi connectivity index (χ3v) is 4.58. The number of aliphatic carboxylic acids is 1. The number of nitrogens with zero attached hydrogens (tertiary/aromatic N) is 1. The second kappa shape index (κ2) is 4.97. The van der Waals surface area contributed by atoms with E-state index in [1.807, 2.05) is 17.0 Å². The molecule has 0 amide bonds. The molecule has 0 saturated carbocycles. The quantitative estimate of drug-likeness (QED) is 0.867. The maximum absolute atomic E-state index is 11.3. The first kappa shape index (κ1) is 12.9. The van der Waals surface area contributed by atoms with Gasteiger partial charge in [-0.3, -0.25) is 4.79 Å². The molecule has 0 radical (unpaired) electrons. The largest absolute Gasteiger partial charge is 0.481 e. The van der Waals surface area contributed by atoms with Crippen LogP contribution in [0.15, 0.2) is 24.3 Å². The van der Waals surface area contributed by atoms with Crippen molar-refractivity contribution in [2.75, 3.05) is 29.5 Å². The summed E-state index contributed by atoms with van der Waals surface area (Å²) in [5.74, 6) is -0.542. The first-order chi connectivity index (χ1) is 8.46. The van der Waals surface area contributed by atoms with Crippen LogP contribution in [0.1, 0.15) is 5.56 Å². The first-order valence-electron chi connectivity index (χ1n) is 5.72. The van der Waals surface area contributed by atoms with Crippen LogP contribution in [-0.4, -0.2) is 44.1 Å². The summed E-state index contributed by atoms with van der Waals surface area (Å²) >= 11 is 0. The first-order valence-corrected chi connectivity index (χ1v) is 7.54. The van der Waals surface area contributed by atoms with Crippen LogP contribution in [-0.2, 0) is 21.1 Å². The van der Waals surface area contributed by atoms with Gasteiger partial charge >= 0.3 is 5.97 Å². The molecule has 1 saturated heterocycles. The molecule has 18 heavy (non-hydrogen) atoms. The van der Waals surface area contributed by atoms with E-state index in [9.17, 15) is 13.2 Å². The standard InChI is InChI=1S/C12H15NO4S/c14-12(15)9-10-2-1-3-11(8-10)13-4-6-18(16,17)7-5-13/h1-3,8H,4-7,9H2,(H,14,15). The average Bonchev–Trinajstić information content (AvgIpc) is 2.28. The highest BCUT2D eigenvalue weighted by molar-refractivity contribution is 7.91. The molecule has 0 aromatic heterocycles. The molecule has 1 heterocycles. The Morgan fingerprint density at radius 1 is 1.28 bits per heavy atom. The number of hydrogen-bond acceptors (Lipinski definition) is 4. The van der Waals surface area contributed by atoms with Gasteiger partial charge in [-0.15, -0.1) is 0 Å². The van der Waals surface area contributed by atoms with Crippen LogP contribution in [0.3, 0.4) is 0 Å². The maximum Gasteiger partial charge on any atom is 0.307 e. The Labute approximate surface area is 106 Å². The average molecular weight is 269 g/mol. The monoisotopic (exact) mass is 269 g/mol. The highest BCUT2D eigenvalue weighted by Crippen LogP contribution is 2.19. The van der Waals surface area contributed by atoms with Crippen molar-refractivity contribution in [2.24, 2.45) is 0 Å². The molecule has 0 aliphatic carbocycles. The molecular formula is C12H15NO4S. The Morgan fingerprint density at radius 2 is 1.94 bits per heavy atom. The van der Waals surface area contributed by atoms with Gasteiger partial charge < -0.3 is 10.0 Å². The van der Waals surface area contributed by atoms with Gasteiger partial charge in [0.25, 0.3) is 0 Å². The van der Waals surface area contributed by atoms with E-state index in [1.165, 1.54) is 0 Å². The lowest BCUT2D eigenvalue weighted by Gasteiger charge is -2.29. The Morgan fingerprint density at radius 3 is 2.56 bits per heavy atom. The van der Waals surface area contributed by atoms with Gasteiger partial charge in [-0.05, 0) is 17.7 Å². The van der Waals surface area contributed by atoms with Crippen LogP contribution in [0.5, 0.6) is 0 Å². The Hall–Kier alpha value is -1.56. The van der Waals surface area contributed by atoms with E-state index in [0.717, 1.165) is 11.3 Å². The SMILES string of the molecule is O=C(O)Cc1cccc(N2CCS(=O)(=O)CC2)c1. The van der Waals surface area contributed by atoms with E-state index < -0.39 is 15.8 Å². The number of carbonyl (C=O) groups is 1. The number of hydrogen-bond donors (Lipinski definition) is 1. The van der Waals surface area contributed by atoms with E-state index in [4.69, 9.17) is 5.11 Å². The van der Waals surface area contributed by atoms with E-state index >= 15 is 0 Å². The topological polar surface area (TPSA) is 74.7 Å². The number of carboxylic acids is 1. The Bertz CT molecular complexity index is 539. The molecule has 1 aliphatic rings. The van der Waals surface area contributed by atoms with Crippen molar-refractivity contribution in [3.05, 3.63) is 29.8 Å². The second-order valence-electron chi connectivity index (χ2n) is 4.38. The van der Waals surface area contributed by atoms with Crippen molar-refractivity contribution >= 4 is 21.5 Å².